The van der Waals surface area contributed by atoms with Crippen LogP contribution in [0.2, 0.25) is 49.9 Å². The average molecular weight is 1240 g/mol. The highest BCUT2D eigenvalue weighted by Gasteiger charge is 2.65. The molecule has 3 aliphatic heterocycles. The van der Waals surface area contributed by atoms with Gasteiger partial charge in [0.1, 0.15) is 16.8 Å². The molecule has 4 aromatic rings. The summed E-state index contributed by atoms with van der Waals surface area (Å²) in [5.41, 5.74) is 2.30. The minimum atomic E-state index is -2.65. The van der Waals surface area contributed by atoms with Crippen LogP contribution in [0.3, 0.4) is 0 Å². The molecule has 86 heavy (non-hydrogen) atoms. The van der Waals surface area contributed by atoms with E-state index in [0.717, 1.165) is 22.1 Å². The molecule has 13 heteroatoms. The zero-order valence-corrected chi connectivity index (χ0v) is 60.5. The van der Waals surface area contributed by atoms with Crippen molar-refractivity contribution in [2.75, 3.05) is 13.2 Å². The standard InChI is InChI=1S/C73H118O10Si3/c1-49(2)84(50(3)4,51(5)6)78-48-72(21)67(80-85(52(7)8,53(9)10)54(11)12)42-68-73(22,83-72)69(81-86(55(13)14,56(15)16)57(17)18)40-63(74)64(79-68)43-70(19)65(77-46-60-37-38-61-35-29-30-36-62(61)39-60)41-66(76-45-59-33-27-24-28-34-59)71(20,82-70)47-75-44-58-31-25-23-26-32-58/h23-39,49-57,63-69,74H,40-48H2,1-22H3/t63?,64?,65?,66?,67?,68?,69?,70?,71?,72-,73+/m1/s1. The lowest BCUT2D eigenvalue weighted by atomic mass is 9.78. The normalized spacial score (nSPS) is 29.0. The summed E-state index contributed by atoms with van der Waals surface area (Å²) in [5, 5.41) is 15.8. The van der Waals surface area contributed by atoms with Crippen molar-refractivity contribution in [2.24, 2.45) is 0 Å². The van der Waals surface area contributed by atoms with Crippen LogP contribution in [-0.2, 0) is 61.5 Å². The molecule has 0 aromatic heterocycles. The Labute approximate surface area is 525 Å². The quantitative estimate of drug-likeness (QED) is 0.0553. The third-order valence-electron chi connectivity index (χ3n) is 21.4. The van der Waals surface area contributed by atoms with E-state index in [1.807, 2.05) is 24.3 Å². The fraction of sp³-hybridized carbons (Fsp3) is 0.699. The summed E-state index contributed by atoms with van der Waals surface area (Å²) in [6, 6.07) is 35.7. The number of fused-ring (bicyclic) bond motifs is 2. The Kier molecular flexibility index (Phi) is 23.8. The largest absolute Gasteiger partial charge is 0.413 e. The van der Waals surface area contributed by atoms with Gasteiger partial charge in [-0.25, -0.2) is 0 Å². The van der Waals surface area contributed by atoms with Gasteiger partial charge in [0, 0.05) is 25.7 Å². The highest BCUT2D eigenvalue weighted by molar-refractivity contribution is 6.78. The second kappa shape index (κ2) is 28.9. The maximum atomic E-state index is 13.5. The molecule has 0 amide bonds. The van der Waals surface area contributed by atoms with E-state index in [0.29, 0.717) is 85.4 Å². The van der Waals surface area contributed by atoms with Crippen molar-refractivity contribution in [2.45, 2.75) is 313 Å². The molecule has 0 saturated carbocycles. The second-order valence-corrected chi connectivity index (χ2v) is 46.4. The van der Waals surface area contributed by atoms with E-state index in [-0.39, 0.29) is 29.3 Å². The van der Waals surface area contributed by atoms with Gasteiger partial charge in [-0.3, -0.25) is 0 Å². The minimum absolute atomic E-state index is 0.264. The number of benzene rings is 4. The van der Waals surface area contributed by atoms with E-state index in [2.05, 4.69) is 231 Å². The van der Waals surface area contributed by atoms with Crippen LogP contribution in [0, 0.1) is 0 Å². The lowest BCUT2D eigenvalue weighted by Gasteiger charge is -2.59. The molecule has 0 aliphatic carbocycles. The lowest BCUT2D eigenvalue weighted by Crippen LogP contribution is -2.71. The minimum Gasteiger partial charge on any atom is -0.413 e. The third-order valence-corrected chi connectivity index (χ3v) is 39.7. The molecule has 0 spiro atoms. The Balaban J connectivity index is 1.37. The van der Waals surface area contributed by atoms with Gasteiger partial charge in [-0.05, 0) is 111 Å². The van der Waals surface area contributed by atoms with Crippen molar-refractivity contribution in [1.82, 2.24) is 0 Å². The molecule has 1 N–H and O–H groups in total. The van der Waals surface area contributed by atoms with E-state index in [4.69, 9.17) is 41.7 Å². The van der Waals surface area contributed by atoms with E-state index in [1.54, 1.807) is 0 Å². The number of rotatable bonds is 28. The first-order valence-corrected chi connectivity index (χ1v) is 39.8. The highest BCUT2D eigenvalue weighted by atomic mass is 28.4. The van der Waals surface area contributed by atoms with Gasteiger partial charge in [0.15, 0.2) is 8.32 Å². The summed E-state index contributed by atoms with van der Waals surface area (Å²) in [5.74, 6) is 0. The van der Waals surface area contributed by atoms with Crippen LogP contribution in [-0.4, -0.2) is 108 Å². The molecule has 0 radical (unpaired) electrons. The molecule has 3 heterocycles. The zero-order valence-electron chi connectivity index (χ0n) is 57.5. The van der Waals surface area contributed by atoms with E-state index < -0.39 is 84.0 Å². The van der Waals surface area contributed by atoms with Gasteiger partial charge in [-0.15, -0.1) is 0 Å². The van der Waals surface area contributed by atoms with Crippen LogP contribution < -0.4 is 0 Å². The number of ether oxygens (including phenoxy) is 6. The molecule has 0 bridgehead atoms. The van der Waals surface area contributed by atoms with Crippen molar-refractivity contribution >= 4 is 35.7 Å². The SMILES string of the molecule is CC(C)[Si](OC[C@@]1(C)O[C@@]2(C)C(CC1O[Si](C(C)C)(C(C)C)C(C)C)OC(CC1(C)OC(C)(COCc3ccccc3)C(OCc3ccccc3)CC1OCc1ccc3ccccc3c1)C(O)CC2O[Si](C(C)C)(C(C)C)C(C)C)(C(C)C)C(C)C. The average Bonchev–Trinajstić information content (AvgIpc) is 2.23. The van der Waals surface area contributed by atoms with Crippen molar-refractivity contribution in [1.29, 1.82) is 0 Å². The summed E-state index contributed by atoms with van der Waals surface area (Å²) in [4.78, 5) is 0. The maximum absolute atomic E-state index is 13.5. The van der Waals surface area contributed by atoms with Crippen molar-refractivity contribution < 1.29 is 46.8 Å². The molecule has 3 saturated heterocycles. The van der Waals surface area contributed by atoms with Crippen LogP contribution in [0.4, 0.5) is 0 Å². The molecule has 11 atom stereocenters. The van der Waals surface area contributed by atoms with Crippen LogP contribution in [0.1, 0.15) is 195 Å². The van der Waals surface area contributed by atoms with Gasteiger partial charge in [-0.1, -0.05) is 222 Å². The molecule has 9 unspecified atom stereocenters. The van der Waals surface area contributed by atoms with Crippen molar-refractivity contribution in [3.05, 3.63) is 120 Å². The van der Waals surface area contributed by atoms with Crippen LogP contribution >= 0.6 is 0 Å². The van der Waals surface area contributed by atoms with E-state index in [9.17, 15) is 5.11 Å². The predicted molar refractivity (Wildman–Crippen MR) is 361 cm³/mol. The fourth-order valence-electron chi connectivity index (χ4n) is 17.2. The molecular formula is C73H118O10Si3. The Hall–Kier alpha value is -2.61. The number of hydrogen-bond acceptors (Lipinski definition) is 10. The Morgan fingerprint density at radius 2 is 0.884 bits per heavy atom. The lowest BCUT2D eigenvalue weighted by molar-refractivity contribution is -0.315. The first-order valence-electron chi connectivity index (χ1n) is 33.4. The van der Waals surface area contributed by atoms with Crippen LogP contribution in [0.5, 0.6) is 0 Å². The predicted octanol–water partition coefficient (Wildman–Crippen LogP) is 18.6. The van der Waals surface area contributed by atoms with Crippen molar-refractivity contribution in [3.8, 4) is 0 Å². The molecule has 10 nitrogen and oxygen atoms in total. The van der Waals surface area contributed by atoms with Gasteiger partial charge < -0.3 is 46.8 Å². The molecular weight excluding hydrogens is 1120 g/mol. The van der Waals surface area contributed by atoms with Gasteiger partial charge in [0.2, 0.25) is 16.6 Å². The van der Waals surface area contributed by atoms with E-state index in [1.165, 1.54) is 5.39 Å². The third kappa shape index (κ3) is 14.8. The first-order chi connectivity index (χ1) is 40.3. The smallest absolute Gasteiger partial charge is 0.200 e. The fourth-order valence-corrected chi connectivity index (χ4v) is 34.0. The number of hydrogen-bond donors (Lipinski definition) is 1. The van der Waals surface area contributed by atoms with Gasteiger partial charge >= 0.3 is 0 Å². The summed E-state index contributed by atoms with van der Waals surface area (Å²) in [6.07, 6.45) is -2.36. The maximum Gasteiger partial charge on any atom is 0.200 e. The second-order valence-electron chi connectivity index (χ2n) is 30.2. The summed E-state index contributed by atoms with van der Waals surface area (Å²) >= 11 is 0. The van der Waals surface area contributed by atoms with Crippen LogP contribution in [0.25, 0.3) is 10.8 Å². The number of aliphatic hydroxyl groups is 1. The Morgan fingerprint density at radius 1 is 0.442 bits per heavy atom. The first kappa shape index (κ1) is 70.8. The molecule has 482 valence electrons. The van der Waals surface area contributed by atoms with Gasteiger partial charge in [-0.2, -0.15) is 0 Å². The number of aliphatic hydroxyl groups excluding tert-OH is 1. The van der Waals surface area contributed by atoms with Crippen molar-refractivity contribution in [3.63, 3.8) is 0 Å². The molecule has 3 fully saturated rings. The summed E-state index contributed by atoms with van der Waals surface area (Å²) in [7, 11) is -7.64. The molecule has 3 aliphatic rings. The topological polar surface area (TPSA) is 103 Å². The Morgan fingerprint density at radius 3 is 1.40 bits per heavy atom. The Bertz CT molecular complexity index is 2650. The molecule has 4 aromatic carbocycles. The van der Waals surface area contributed by atoms with Gasteiger partial charge in [0.25, 0.3) is 0 Å². The highest BCUT2D eigenvalue weighted by Crippen LogP contribution is 2.55. The monoisotopic (exact) mass is 1240 g/mol. The molecule has 7 rings (SSSR count). The van der Waals surface area contributed by atoms with E-state index >= 15 is 0 Å². The zero-order chi connectivity index (χ0) is 63.4. The summed E-state index contributed by atoms with van der Waals surface area (Å²) < 4.78 is 68.9. The summed E-state index contributed by atoms with van der Waals surface area (Å²) in [6.45, 7) is 53.1. The van der Waals surface area contributed by atoms with Crippen LogP contribution in [0.15, 0.2) is 103 Å². The van der Waals surface area contributed by atoms with Gasteiger partial charge in [0.05, 0.1) is 81.4 Å².